The molecule has 0 aromatic carbocycles. The van der Waals surface area contributed by atoms with Crippen molar-refractivity contribution in [3.8, 4) is 0 Å². The highest BCUT2D eigenvalue weighted by Gasteiger charge is 2.14. The Kier molecular flexibility index (Phi) is 3.80. The van der Waals surface area contributed by atoms with Crippen molar-refractivity contribution in [1.82, 2.24) is 4.98 Å². The smallest absolute Gasteiger partial charge is 0.336 e. The van der Waals surface area contributed by atoms with Crippen LogP contribution in [0.15, 0.2) is 12.3 Å². The van der Waals surface area contributed by atoms with Crippen LogP contribution >= 0.6 is 0 Å². The molecule has 0 aliphatic carbocycles. The fourth-order valence-corrected chi connectivity index (χ4v) is 1.48. The van der Waals surface area contributed by atoms with Gasteiger partial charge in [0.25, 0.3) is 0 Å². The highest BCUT2D eigenvalue weighted by molar-refractivity contribution is 5.89. The van der Waals surface area contributed by atoms with Gasteiger partial charge >= 0.3 is 5.97 Å². The van der Waals surface area contributed by atoms with Gasteiger partial charge in [-0.2, -0.15) is 0 Å². The Morgan fingerprint density at radius 1 is 1.53 bits per heavy atom. The molecule has 0 radical (unpaired) electrons. The normalized spacial score (nSPS) is 10.7. The van der Waals surface area contributed by atoms with Crippen LogP contribution < -0.4 is 0 Å². The number of aliphatic hydroxyl groups excluding tert-OH is 1. The van der Waals surface area contributed by atoms with Crippen molar-refractivity contribution in [2.75, 3.05) is 0 Å². The second kappa shape index (κ2) is 4.89. The Labute approximate surface area is 88.6 Å². The van der Waals surface area contributed by atoms with Crippen LogP contribution in [0.1, 0.15) is 35.5 Å². The summed E-state index contributed by atoms with van der Waals surface area (Å²) in [4.78, 5) is 15.0. The van der Waals surface area contributed by atoms with Crippen LogP contribution in [0.25, 0.3) is 0 Å². The molecule has 82 valence electrons. The first kappa shape index (κ1) is 11.7. The van der Waals surface area contributed by atoms with Crippen molar-refractivity contribution >= 4 is 5.97 Å². The Morgan fingerprint density at radius 2 is 2.20 bits per heavy atom. The number of carboxylic acid groups (broad SMARTS) is 1. The summed E-state index contributed by atoms with van der Waals surface area (Å²) in [7, 11) is 0. The van der Waals surface area contributed by atoms with E-state index in [1.54, 1.807) is 0 Å². The fourth-order valence-electron chi connectivity index (χ4n) is 1.48. The molecule has 0 fully saturated rings. The van der Waals surface area contributed by atoms with Gasteiger partial charge in [-0.3, -0.25) is 4.98 Å². The predicted molar refractivity (Wildman–Crippen MR) is 55.7 cm³/mol. The molecule has 1 aromatic rings. The molecule has 0 bridgehead atoms. The molecule has 0 saturated carbocycles. The van der Waals surface area contributed by atoms with Gasteiger partial charge in [0.15, 0.2) is 0 Å². The Bertz CT molecular complexity index is 361. The summed E-state index contributed by atoms with van der Waals surface area (Å²) in [6.45, 7) is 3.77. The zero-order chi connectivity index (χ0) is 11.4. The van der Waals surface area contributed by atoms with Gasteiger partial charge in [0.2, 0.25) is 0 Å². The molecule has 15 heavy (non-hydrogen) atoms. The fraction of sp³-hybridized carbons (Fsp3) is 0.455. The van der Waals surface area contributed by atoms with Crippen LogP contribution in [0.4, 0.5) is 0 Å². The third kappa shape index (κ3) is 2.76. The van der Waals surface area contributed by atoms with E-state index in [0.717, 1.165) is 0 Å². The average molecular weight is 209 g/mol. The predicted octanol–water partition coefficient (Wildman–Crippen LogP) is 1.47. The molecule has 0 amide bonds. The highest BCUT2D eigenvalue weighted by Crippen LogP contribution is 2.16. The molecule has 4 heteroatoms. The maximum absolute atomic E-state index is 10.9. The van der Waals surface area contributed by atoms with Crippen LogP contribution in [0.5, 0.6) is 0 Å². The molecule has 2 N–H and O–H groups in total. The van der Waals surface area contributed by atoms with Gasteiger partial charge in [-0.25, -0.2) is 4.79 Å². The van der Waals surface area contributed by atoms with E-state index in [0.29, 0.717) is 23.6 Å². The van der Waals surface area contributed by atoms with E-state index in [1.807, 2.05) is 13.8 Å². The van der Waals surface area contributed by atoms with Crippen LogP contribution in [-0.4, -0.2) is 21.2 Å². The van der Waals surface area contributed by atoms with E-state index in [4.69, 9.17) is 10.2 Å². The molecule has 0 aliphatic rings. The van der Waals surface area contributed by atoms with E-state index >= 15 is 0 Å². The minimum atomic E-state index is -1.02. The first-order chi connectivity index (χ1) is 7.06. The summed E-state index contributed by atoms with van der Waals surface area (Å²) >= 11 is 0. The maximum Gasteiger partial charge on any atom is 0.336 e. The first-order valence-electron chi connectivity index (χ1n) is 4.87. The van der Waals surface area contributed by atoms with Crippen molar-refractivity contribution < 1.29 is 15.0 Å². The minimum Gasteiger partial charge on any atom is -0.478 e. The van der Waals surface area contributed by atoms with Crippen molar-refractivity contribution in [3.05, 3.63) is 29.1 Å². The Hall–Kier alpha value is -1.42. The molecule has 0 saturated heterocycles. The van der Waals surface area contributed by atoms with E-state index < -0.39 is 5.97 Å². The third-order valence-corrected chi connectivity index (χ3v) is 2.14. The molecule has 1 aromatic heterocycles. The number of carboxylic acids is 1. The molecule has 4 nitrogen and oxygen atoms in total. The van der Waals surface area contributed by atoms with E-state index in [-0.39, 0.29) is 12.2 Å². The van der Waals surface area contributed by atoms with Crippen molar-refractivity contribution in [2.24, 2.45) is 5.92 Å². The zero-order valence-electron chi connectivity index (χ0n) is 8.90. The average Bonchev–Trinajstić information content (AvgIpc) is 2.16. The maximum atomic E-state index is 10.9. The zero-order valence-corrected chi connectivity index (χ0v) is 8.90. The van der Waals surface area contributed by atoms with Gasteiger partial charge in [-0.05, 0) is 18.4 Å². The lowest BCUT2D eigenvalue weighted by atomic mass is 10.00. The van der Waals surface area contributed by atoms with Crippen LogP contribution in [0, 0.1) is 5.92 Å². The topological polar surface area (TPSA) is 70.4 Å². The molecule has 1 heterocycles. The summed E-state index contributed by atoms with van der Waals surface area (Å²) < 4.78 is 0. The van der Waals surface area contributed by atoms with Gasteiger partial charge in [-0.15, -0.1) is 0 Å². The number of aromatic nitrogens is 1. The minimum absolute atomic E-state index is 0.142. The summed E-state index contributed by atoms with van der Waals surface area (Å²) in [5.74, 6) is -0.640. The Balaban J connectivity index is 3.16. The summed E-state index contributed by atoms with van der Waals surface area (Å²) in [5, 5.41) is 18.1. The first-order valence-corrected chi connectivity index (χ1v) is 4.87. The van der Waals surface area contributed by atoms with E-state index in [9.17, 15) is 4.79 Å². The van der Waals surface area contributed by atoms with Crippen LogP contribution in [-0.2, 0) is 13.0 Å². The van der Waals surface area contributed by atoms with Gasteiger partial charge < -0.3 is 10.2 Å². The largest absolute Gasteiger partial charge is 0.478 e. The number of aliphatic hydroxyl groups is 1. The van der Waals surface area contributed by atoms with E-state index in [2.05, 4.69) is 4.98 Å². The van der Waals surface area contributed by atoms with Gasteiger partial charge in [-0.1, -0.05) is 13.8 Å². The second-order valence-electron chi connectivity index (χ2n) is 3.84. The number of aromatic carboxylic acids is 1. The SMILES string of the molecule is CC(C)Cc1nccc(C(=O)O)c1CO. The molecule has 1 rings (SSSR count). The van der Waals surface area contributed by atoms with E-state index in [1.165, 1.54) is 12.3 Å². The number of hydrogen-bond acceptors (Lipinski definition) is 3. The highest BCUT2D eigenvalue weighted by atomic mass is 16.4. The number of rotatable bonds is 4. The summed E-state index contributed by atoms with van der Waals surface area (Å²) in [6, 6.07) is 1.41. The quantitative estimate of drug-likeness (QED) is 0.787. The summed E-state index contributed by atoms with van der Waals surface area (Å²) in [5.41, 5.74) is 1.24. The van der Waals surface area contributed by atoms with Crippen molar-refractivity contribution in [2.45, 2.75) is 26.9 Å². The lowest BCUT2D eigenvalue weighted by Gasteiger charge is -2.10. The molecule has 0 atom stereocenters. The number of carbonyl (C=O) groups is 1. The second-order valence-corrected chi connectivity index (χ2v) is 3.84. The van der Waals surface area contributed by atoms with Gasteiger partial charge in [0, 0.05) is 17.5 Å². The molecule has 0 unspecified atom stereocenters. The van der Waals surface area contributed by atoms with Crippen LogP contribution in [0.3, 0.4) is 0 Å². The monoisotopic (exact) mass is 209 g/mol. The molecule has 0 aliphatic heterocycles. The van der Waals surface area contributed by atoms with Crippen LogP contribution in [0.2, 0.25) is 0 Å². The molecular weight excluding hydrogens is 194 g/mol. The van der Waals surface area contributed by atoms with Crippen molar-refractivity contribution in [3.63, 3.8) is 0 Å². The standard InChI is InChI=1S/C11H15NO3/c1-7(2)5-10-9(6-13)8(11(14)15)3-4-12-10/h3-4,7,13H,5-6H2,1-2H3,(H,14,15). The Morgan fingerprint density at radius 3 is 2.67 bits per heavy atom. The molecule has 0 spiro atoms. The lowest BCUT2D eigenvalue weighted by molar-refractivity contribution is 0.0693. The third-order valence-electron chi connectivity index (χ3n) is 2.14. The number of nitrogens with zero attached hydrogens (tertiary/aromatic N) is 1. The van der Waals surface area contributed by atoms with Gasteiger partial charge in [0.1, 0.15) is 0 Å². The lowest BCUT2D eigenvalue weighted by Crippen LogP contribution is -2.09. The number of hydrogen-bond donors (Lipinski definition) is 2. The number of pyridine rings is 1. The summed E-state index contributed by atoms with van der Waals surface area (Å²) in [6.07, 6.45) is 2.15. The van der Waals surface area contributed by atoms with Crippen molar-refractivity contribution in [1.29, 1.82) is 0 Å². The van der Waals surface area contributed by atoms with Gasteiger partial charge in [0.05, 0.1) is 12.2 Å². The molecular formula is C11H15NO3.